The molecule has 1 saturated heterocycles. The fourth-order valence-corrected chi connectivity index (χ4v) is 4.84. The molecular weight excluding hydrogens is 424 g/mol. The minimum Gasteiger partial charge on any atom is -0.398 e. The Hall–Kier alpha value is -3.67. The van der Waals surface area contributed by atoms with Gasteiger partial charge in [0.05, 0.1) is 11.3 Å². The number of hydrogen-bond donors (Lipinski definition) is 5. The van der Waals surface area contributed by atoms with E-state index in [4.69, 9.17) is 22.1 Å². The van der Waals surface area contributed by atoms with E-state index in [1.807, 2.05) is 6.07 Å². The van der Waals surface area contributed by atoms with E-state index >= 15 is 0 Å². The summed E-state index contributed by atoms with van der Waals surface area (Å²) >= 11 is 0. The van der Waals surface area contributed by atoms with E-state index in [1.165, 1.54) is 29.1 Å². The number of pyridine rings is 1. The van der Waals surface area contributed by atoms with Crippen LogP contribution < -0.4 is 22.1 Å². The maximum absolute atomic E-state index is 9.02. The third-order valence-corrected chi connectivity index (χ3v) is 6.86. The second kappa shape index (κ2) is 10.1. The molecule has 1 aliphatic carbocycles. The molecule has 0 amide bonds. The Morgan fingerprint density at radius 2 is 2.24 bits per heavy atom. The van der Waals surface area contributed by atoms with E-state index < -0.39 is 0 Å². The van der Waals surface area contributed by atoms with Crippen molar-refractivity contribution in [3.63, 3.8) is 0 Å². The smallest absolute Gasteiger partial charge is 0.131 e. The van der Waals surface area contributed by atoms with Crippen molar-refractivity contribution in [1.82, 2.24) is 15.2 Å². The molecule has 1 aromatic carbocycles. The summed E-state index contributed by atoms with van der Waals surface area (Å²) in [7, 11) is 0. The Morgan fingerprint density at radius 1 is 1.41 bits per heavy atom. The van der Waals surface area contributed by atoms with Crippen LogP contribution in [0.5, 0.6) is 0 Å². The highest BCUT2D eigenvalue weighted by atomic mass is 15.2. The number of hydrogen-bond acceptors (Lipinski definition) is 8. The van der Waals surface area contributed by atoms with Crippen LogP contribution in [0.15, 0.2) is 42.7 Å². The zero-order chi connectivity index (χ0) is 24.2. The van der Waals surface area contributed by atoms with Crippen molar-refractivity contribution in [3.05, 3.63) is 65.0 Å². The summed E-state index contributed by atoms with van der Waals surface area (Å²) < 4.78 is 0. The first-order chi connectivity index (χ1) is 16.4. The number of benzene rings is 1. The van der Waals surface area contributed by atoms with Crippen LogP contribution >= 0.6 is 0 Å². The molecule has 34 heavy (non-hydrogen) atoms. The standard InChI is InChI=1S/C26H32N8/c1-3-19-13-31-24(22-7-6-20-16(2)4-5-21(20)26(22)30)15-34(19)14-17(9-27)11-32-25-8-23(29)18(10-28)12-33-25/h6-9,11-12,19,24,27,31H,2-5,13-15,30H2,1H3,(H3,29,32,33)/b17-11+,27-9?. The van der Waals surface area contributed by atoms with E-state index in [2.05, 4.69) is 46.2 Å². The molecule has 1 fully saturated rings. The lowest BCUT2D eigenvalue weighted by molar-refractivity contribution is 0.140. The number of nitrogens with one attached hydrogen (secondary N) is 3. The molecule has 1 aliphatic heterocycles. The Balaban J connectivity index is 1.50. The molecule has 0 spiro atoms. The maximum Gasteiger partial charge on any atom is 0.131 e. The van der Waals surface area contributed by atoms with Gasteiger partial charge in [-0.25, -0.2) is 4.98 Å². The molecular formula is C26H32N8. The molecule has 7 N–H and O–H groups in total. The van der Waals surface area contributed by atoms with Gasteiger partial charge >= 0.3 is 0 Å². The largest absolute Gasteiger partial charge is 0.398 e. The lowest BCUT2D eigenvalue weighted by Crippen LogP contribution is -2.53. The highest BCUT2D eigenvalue weighted by Gasteiger charge is 2.30. The van der Waals surface area contributed by atoms with Crippen molar-refractivity contribution in [2.24, 2.45) is 0 Å². The van der Waals surface area contributed by atoms with Crippen LogP contribution in [0, 0.1) is 16.7 Å². The van der Waals surface area contributed by atoms with Crippen molar-refractivity contribution in [3.8, 4) is 6.07 Å². The van der Waals surface area contributed by atoms with Crippen LogP contribution in [-0.4, -0.2) is 41.8 Å². The SMILES string of the molecule is C=C1CCc2c1ccc(C1CN(C/C(C=N)=C/Nc3cc(N)c(C#N)cn3)C(CC)CN1)c2N. The number of nitrogen functional groups attached to an aromatic ring is 2. The Labute approximate surface area is 200 Å². The van der Waals surface area contributed by atoms with E-state index in [9.17, 15) is 0 Å². The molecule has 2 heterocycles. The number of allylic oxidation sites excluding steroid dienone is 1. The summed E-state index contributed by atoms with van der Waals surface area (Å²) in [5.74, 6) is 0.536. The van der Waals surface area contributed by atoms with Gasteiger partial charge in [-0.3, -0.25) is 4.90 Å². The molecule has 0 bridgehead atoms. The molecule has 0 saturated carbocycles. The Bertz CT molecular complexity index is 1180. The lowest BCUT2D eigenvalue weighted by Gasteiger charge is -2.41. The third kappa shape index (κ3) is 4.67. The average Bonchev–Trinajstić information content (AvgIpc) is 3.23. The number of aromatic nitrogens is 1. The third-order valence-electron chi connectivity index (χ3n) is 6.86. The van der Waals surface area contributed by atoms with E-state index in [1.54, 1.807) is 12.3 Å². The zero-order valence-electron chi connectivity index (χ0n) is 19.6. The molecule has 8 heteroatoms. The van der Waals surface area contributed by atoms with Gasteiger partial charge in [0.1, 0.15) is 11.9 Å². The van der Waals surface area contributed by atoms with E-state index in [0.29, 0.717) is 29.7 Å². The molecule has 2 atom stereocenters. The molecule has 2 unspecified atom stereocenters. The molecule has 4 rings (SSSR count). The van der Waals surface area contributed by atoms with Gasteiger partial charge in [0.2, 0.25) is 0 Å². The first kappa shape index (κ1) is 23.5. The minimum absolute atomic E-state index is 0.127. The summed E-state index contributed by atoms with van der Waals surface area (Å²) in [6.45, 7) is 8.64. The summed E-state index contributed by atoms with van der Waals surface area (Å²) in [5.41, 5.74) is 19.7. The number of nitriles is 1. The first-order valence-corrected chi connectivity index (χ1v) is 11.6. The van der Waals surface area contributed by atoms with Crippen molar-refractivity contribution < 1.29 is 0 Å². The first-order valence-electron chi connectivity index (χ1n) is 11.6. The molecule has 2 aromatic rings. The second-order valence-electron chi connectivity index (χ2n) is 8.93. The molecule has 2 aliphatic rings. The van der Waals surface area contributed by atoms with Crippen molar-refractivity contribution in [1.29, 1.82) is 10.7 Å². The summed E-state index contributed by atoms with van der Waals surface area (Å²) in [4.78, 5) is 6.62. The normalized spacial score (nSPS) is 20.6. The Kier molecular flexibility index (Phi) is 6.96. The van der Waals surface area contributed by atoms with Crippen LogP contribution in [0.4, 0.5) is 17.2 Å². The lowest BCUT2D eigenvalue weighted by atomic mass is 9.94. The minimum atomic E-state index is 0.127. The van der Waals surface area contributed by atoms with Crippen LogP contribution in [-0.2, 0) is 6.42 Å². The monoisotopic (exact) mass is 456 g/mol. The predicted molar refractivity (Wildman–Crippen MR) is 138 cm³/mol. The van der Waals surface area contributed by atoms with E-state index in [0.717, 1.165) is 49.2 Å². The Morgan fingerprint density at radius 3 is 2.94 bits per heavy atom. The molecule has 8 nitrogen and oxygen atoms in total. The number of piperazine rings is 1. The van der Waals surface area contributed by atoms with Gasteiger partial charge in [-0.1, -0.05) is 25.6 Å². The number of anilines is 3. The zero-order valence-corrected chi connectivity index (χ0v) is 19.6. The topological polar surface area (TPSA) is 140 Å². The molecule has 176 valence electrons. The van der Waals surface area contributed by atoms with Crippen molar-refractivity contribution in [2.75, 3.05) is 36.4 Å². The van der Waals surface area contributed by atoms with Gasteiger partial charge in [-0.15, -0.1) is 0 Å². The highest BCUT2D eigenvalue weighted by Crippen LogP contribution is 2.38. The molecule has 0 radical (unpaired) electrons. The van der Waals surface area contributed by atoms with Gasteiger partial charge in [0.15, 0.2) is 0 Å². The second-order valence-corrected chi connectivity index (χ2v) is 8.93. The number of fused-ring (bicyclic) bond motifs is 1. The summed E-state index contributed by atoms with van der Waals surface area (Å²) in [6.07, 6.45) is 7.53. The van der Waals surface area contributed by atoms with Crippen LogP contribution in [0.3, 0.4) is 0 Å². The van der Waals surface area contributed by atoms with Crippen molar-refractivity contribution in [2.45, 2.75) is 38.3 Å². The fraction of sp³-hybridized carbons (Fsp3) is 0.346. The van der Waals surface area contributed by atoms with Crippen LogP contribution in [0.2, 0.25) is 0 Å². The number of nitrogens with zero attached hydrogens (tertiary/aromatic N) is 3. The molecule has 1 aromatic heterocycles. The van der Waals surface area contributed by atoms with Gasteiger partial charge < -0.3 is 27.5 Å². The van der Waals surface area contributed by atoms with Gasteiger partial charge in [-0.2, -0.15) is 5.26 Å². The highest BCUT2D eigenvalue weighted by molar-refractivity contribution is 5.78. The van der Waals surface area contributed by atoms with Gasteiger partial charge in [0, 0.05) is 62.1 Å². The van der Waals surface area contributed by atoms with Crippen LogP contribution in [0.1, 0.15) is 48.1 Å². The average molecular weight is 457 g/mol. The maximum atomic E-state index is 9.02. The fourth-order valence-electron chi connectivity index (χ4n) is 4.84. The quantitative estimate of drug-likeness (QED) is 0.317. The predicted octanol–water partition coefficient (Wildman–Crippen LogP) is 3.45. The van der Waals surface area contributed by atoms with Gasteiger partial charge in [-0.05, 0) is 47.1 Å². The van der Waals surface area contributed by atoms with E-state index in [-0.39, 0.29) is 6.04 Å². The van der Waals surface area contributed by atoms with Crippen LogP contribution in [0.25, 0.3) is 5.57 Å². The number of rotatable bonds is 7. The van der Waals surface area contributed by atoms with Gasteiger partial charge in [0.25, 0.3) is 0 Å². The summed E-state index contributed by atoms with van der Waals surface area (Å²) in [5, 5.41) is 23.8. The summed E-state index contributed by atoms with van der Waals surface area (Å²) in [6, 6.07) is 8.42. The van der Waals surface area contributed by atoms with Crippen molar-refractivity contribution >= 4 is 29.0 Å². The number of nitrogens with two attached hydrogens (primary N) is 2.